The number of pyridine rings is 1. The Labute approximate surface area is 155 Å². The van der Waals surface area contributed by atoms with Gasteiger partial charge in [0.1, 0.15) is 5.65 Å². The van der Waals surface area contributed by atoms with Crippen molar-refractivity contribution >= 4 is 22.9 Å². The average molecular weight is 368 g/mol. The molecule has 1 aliphatic heterocycles. The van der Waals surface area contributed by atoms with Gasteiger partial charge in [0.05, 0.1) is 5.69 Å². The third-order valence-electron chi connectivity index (χ3n) is 4.72. The molecule has 1 N–H and O–H groups in total. The van der Waals surface area contributed by atoms with Crippen LogP contribution in [-0.4, -0.2) is 39.3 Å². The van der Waals surface area contributed by atoms with E-state index in [4.69, 9.17) is 0 Å². The van der Waals surface area contributed by atoms with E-state index in [1.54, 1.807) is 16.7 Å². The molecule has 0 atom stereocenters. The van der Waals surface area contributed by atoms with E-state index >= 15 is 0 Å². The van der Waals surface area contributed by atoms with Gasteiger partial charge in [-0.15, -0.1) is 0 Å². The SMILES string of the molecule is O=C(NC1CCN(Cc2cc(=O)n3ccccc3n2)CC1)c1ccsc1. The minimum absolute atomic E-state index is 0.00826. The Balaban J connectivity index is 1.35. The van der Waals surface area contributed by atoms with Gasteiger partial charge in [-0.3, -0.25) is 18.9 Å². The second-order valence-corrected chi connectivity index (χ2v) is 7.33. The zero-order valence-corrected chi connectivity index (χ0v) is 15.1. The predicted octanol–water partition coefficient (Wildman–Crippen LogP) is 2.15. The van der Waals surface area contributed by atoms with Crippen molar-refractivity contribution in [2.75, 3.05) is 13.1 Å². The van der Waals surface area contributed by atoms with Gasteiger partial charge in [0, 0.05) is 48.9 Å². The number of carbonyl (C=O) groups excluding carboxylic acids is 1. The lowest BCUT2D eigenvalue weighted by Gasteiger charge is -2.32. The van der Waals surface area contributed by atoms with Crippen LogP contribution in [0.15, 0.2) is 52.1 Å². The number of aromatic nitrogens is 2. The first-order chi connectivity index (χ1) is 12.7. The number of piperidine rings is 1. The van der Waals surface area contributed by atoms with Gasteiger partial charge in [0.15, 0.2) is 0 Å². The van der Waals surface area contributed by atoms with E-state index in [1.807, 2.05) is 35.0 Å². The first-order valence-corrected chi connectivity index (χ1v) is 9.66. The topological polar surface area (TPSA) is 66.7 Å². The molecule has 0 bridgehead atoms. The van der Waals surface area contributed by atoms with Crippen LogP contribution in [0.2, 0.25) is 0 Å². The summed E-state index contributed by atoms with van der Waals surface area (Å²) in [5.41, 5.74) is 2.15. The highest BCUT2D eigenvalue weighted by Gasteiger charge is 2.21. The van der Waals surface area contributed by atoms with Crippen LogP contribution in [0.5, 0.6) is 0 Å². The first-order valence-electron chi connectivity index (χ1n) is 8.72. The molecule has 1 fully saturated rings. The number of nitrogens with zero attached hydrogens (tertiary/aromatic N) is 3. The van der Waals surface area contributed by atoms with Crippen molar-refractivity contribution in [2.45, 2.75) is 25.4 Å². The zero-order chi connectivity index (χ0) is 17.9. The second kappa shape index (κ2) is 7.39. The minimum Gasteiger partial charge on any atom is -0.349 e. The van der Waals surface area contributed by atoms with Gasteiger partial charge in [-0.25, -0.2) is 4.98 Å². The van der Waals surface area contributed by atoms with E-state index in [9.17, 15) is 9.59 Å². The molecule has 0 aromatic carbocycles. The molecule has 0 spiro atoms. The summed E-state index contributed by atoms with van der Waals surface area (Å²) in [7, 11) is 0. The van der Waals surface area contributed by atoms with E-state index in [-0.39, 0.29) is 17.5 Å². The van der Waals surface area contributed by atoms with Crippen LogP contribution < -0.4 is 10.9 Å². The van der Waals surface area contributed by atoms with E-state index in [0.29, 0.717) is 12.2 Å². The van der Waals surface area contributed by atoms with Gasteiger partial charge in [-0.05, 0) is 36.4 Å². The number of likely N-dealkylation sites (tertiary alicyclic amines) is 1. The van der Waals surface area contributed by atoms with Crippen molar-refractivity contribution < 1.29 is 4.79 Å². The molecule has 0 unspecified atom stereocenters. The van der Waals surface area contributed by atoms with Gasteiger partial charge in [0.25, 0.3) is 11.5 Å². The molecule has 1 aliphatic rings. The molecule has 1 saturated heterocycles. The lowest BCUT2D eigenvalue weighted by atomic mass is 10.0. The number of amides is 1. The van der Waals surface area contributed by atoms with Crippen molar-refractivity contribution in [1.82, 2.24) is 19.6 Å². The van der Waals surface area contributed by atoms with Gasteiger partial charge in [0.2, 0.25) is 0 Å². The maximum absolute atomic E-state index is 12.2. The third-order valence-corrected chi connectivity index (χ3v) is 5.40. The summed E-state index contributed by atoms with van der Waals surface area (Å²) < 4.78 is 1.55. The standard InChI is InChI=1S/C19H20N4O2S/c24-18-11-16(20-17-3-1-2-7-23(17)18)12-22-8-4-15(5-9-22)21-19(25)14-6-10-26-13-14/h1-3,6-7,10-11,13,15H,4-5,8-9,12H2,(H,21,25). The van der Waals surface area contributed by atoms with Crippen LogP contribution in [-0.2, 0) is 6.54 Å². The maximum atomic E-state index is 12.2. The molecular formula is C19H20N4O2S. The first kappa shape index (κ1) is 16.9. The summed E-state index contributed by atoms with van der Waals surface area (Å²) >= 11 is 1.53. The van der Waals surface area contributed by atoms with Crippen LogP contribution in [0.1, 0.15) is 28.9 Å². The fraction of sp³-hybridized carbons (Fsp3) is 0.316. The van der Waals surface area contributed by atoms with Gasteiger partial charge < -0.3 is 5.32 Å². The summed E-state index contributed by atoms with van der Waals surface area (Å²) in [5.74, 6) is 0.00826. The Hall–Kier alpha value is -2.51. The molecule has 134 valence electrons. The second-order valence-electron chi connectivity index (χ2n) is 6.55. The average Bonchev–Trinajstić information content (AvgIpc) is 3.18. The summed E-state index contributed by atoms with van der Waals surface area (Å²) in [4.78, 5) is 31.2. The van der Waals surface area contributed by atoms with Crippen molar-refractivity contribution in [1.29, 1.82) is 0 Å². The zero-order valence-electron chi connectivity index (χ0n) is 14.3. The normalized spacial score (nSPS) is 16.0. The number of hydrogen-bond donors (Lipinski definition) is 1. The van der Waals surface area contributed by atoms with Crippen LogP contribution in [0.25, 0.3) is 5.65 Å². The fourth-order valence-electron chi connectivity index (χ4n) is 3.31. The van der Waals surface area contributed by atoms with E-state index in [2.05, 4.69) is 15.2 Å². The van der Waals surface area contributed by atoms with E-state index < -0.39 is 0 Å². The monoisotopic (exact) mass is 368 g/mol. The van der Waals surface area contributed by atoms with E-state index in [1.165, 1.54) is 11.3 Å². The van der Waals surface area contributed by atoms with Crippen LogP contribution >= 0.6 is 11.3 Å². The summed E-state index contributed by atoms with van der Waals surface area (Å²) in [6, 6.07) is 9.21. The fourth-order valence-corrected chi connectivity index (χ4v) is 3.95. The molecule has 1 amide bonds. The van der Waals surface area contributed by atoms with Crippen molar-refractivity contribution in [3.63, 3.8) is 0 Å². The van der Waals surface area contributed by atoms with Crippen LogP contribution in [0.3, 0.4) is 0 Å². The highest BCUT2D eigenvalue weighted by atomic mass is 32.1. The lowest BCUT2D eigenvalue weighted by molar-refractivity contribution is 0.0909. The Morgan fingerprint density at radius 3 is 2.88 bits per heavy atom. The Bertz CT molecular complexity index is 959. The Morgan fingerprint density at radius 1 is 1.27 bits per heavy atom. The van der Waals surface area contributed by atoms with Crippen molar-refractivity contribution in [2.24, 2.45) is 0 Å². The number of fused-ring (bicyclic) bond motifs is 1. The molecule has 4 rings (SSSR count). The Kier molecular flexibility index (Phi) is 4.81. The highest BCUT2D eigenvalue weighted by molar-refractivity contribution is 7.08. The quantitative estimate of drug-likeness (QED) is 0.766. The molecule has 26 heavy (non-hydrogen) atoms. The molecule has 7 heteroatoms. The highest BCUT2D eigenvalue weighted by Crippen LogP contribution is 2.14. The lowest BCUT2D eigenvalue weighted by Crippen LogP contribution is -2.44. The maximum Gasteiger partial charge on any atom is 0.258 e. The molecule has 3 aromatic rings. The van der Waals surface area contributed by atoms with E-state index in [0.717, 1.165) is 37.2 Å². The summed E-state index contributed by atoms with van der Waals surface area (Å²) in [6.45, 7) is 2.42. The molecule has 0 aliphatic carbocycles. The molecule has 0 saturated carbocycles. The number of rotatable bonds is 4. The van der Waals surface area contributed by atoms with Gasteiger partial charge in [-0.1, -0.05) is 6.07 Å². The molecule has 0 radical (unpaired) electrons. The minimum atomic E-state index is -0.0523. The molecule has 3 aromatic heterocycles. The van der Waals surface area contributed by atoms with Gasteiger partial charge >= 0.3 is 0 Å². The smallest absolute Gasteiger partial charge is 0.258 e. The van der Waals surface area contributed by atoms with Gasteiger partial charge in [-0.2, -0.15) is 11.3 Å². The number of thiophene rings is 1. The predicted molar refractivity (Wildman–Crippen MR) is 102 cm³/mol. The molecular weight excluding hydrogens is 348 g/mol. The largest absolute Gasteiger partial charge is 0.349 e. The number of carbonyl (C=O) groups is 1. The molecule has 4 heterocycles. The number of nitrogens with one attached hydrogen (secondary N) is 1. The van der Waals surface area contributed by atoms with Crippen LogP contribution in [0, 0.1) is 0 Å². The summed E-state index contributed by atoms with van der Waals surface area (Å²) in [6.07, 6.45) is 3.54. The third kappa shape index (κ3) is 3.68. The van der Waals surface area contributed by atoms with Crippen LogP contribution in [0.4, 0.5) is 0 Å². The number of hydrogen-bond acceptors (Lipinski definition) is 5. The van der Waals surface area contributed by atoms with Crippen molar-refractivity contribution in [3.8, 4) is 0 Å². The molecule has 6 nitrogen and oxygen atoms in total. The summed E-state index contributed by atoms with van der Waals surface area (Å²) in [5, 5.41) is 6.89. The Morgan fingerprint density at radius 2 is 2.12 bits per heavy atom. The van der Waals surface area contributed by atoms with Crippen molar-refractivity contribution in [3.05, 3.63) is 68.9 Å².